The van der Waals surface area contributed by atoms with Gasteiger partial charge >= 0.3 is 0 Å². The lowest BCUT2D eigenvalue weighted by atomic mass is 9.95. The average Bonchev–Trinajstić information content (AvgIpc) is 2.70. The molecule has 1 aliphatic rings. The van der Waals surface area contributed by atoms with Gasteiger partial charge in [0.15, 0.2) is 6.10 Å². The van der Waals surface area contributed by atoms with Crippen LogP contribution in [0.25, 0.3) is 0 Å². The largest absolute Gasteiger partial charge is 0.481 e. The van der Waals surface area contributed by atoms with E-state index in [1.807, 2.05) is 0 Å². The van der Waals surface area contributed by atoms with Crippen LogP contribution in [-0.4, -0.2) is 24.0 Å². The van der Waals surface area contributed by atoms with E-state index in [-0.39, 0.29) is 17.9 Å². The predicted octanol–water partition coefficient (Wildman–Crippen LogP) is 4.81. The Morgan fingerprint density at radius 1 is 1.04 bits per heavy atom. The van der Waals surface area contributed by atoms with Crippen molar-refractivity contribution in [2.24, 2.45) is 0 Å². The molecular weight excluding hydrogens is 376 g/mol. The molecule has 148 valence electrons. The van der Waals surface area contributed by atoms with E-state index >= 15 is 0 Å². The third kappa shape index (κ3) is 5.49. The van der Waals surface area contributed by atoms with Crippen LogP contribution in [0.5, 0.6) is 5.75 Å². The van der Waals surface area contributed by atoms with Gasteiger partial charge < -0.3 is 15.4 Å². The van der Waals surface area contributed by atoms with Crippen LogP contribution in [0.1, 0.15) is 49.4 Å². The number of nitrogens with one attached hydrogen (secondary N) is 2. The van der Waals surface area contributed by atoms with Crippen molar-refractivity contribution in [3.05, 3.63) is 59.1 Å². The quantitative estimate of drug-likeness (QED) is 0.731. The van der Waals surface area contributed by atoms with Crippen LogP contribution < -0.4 is 15.4 Å². The molecule has 2 aromatic carbocycles. The van der Waals surface area contributed by atoms with Gasteiger partial charge in [0.25, 0.3) is 11.8 Å². The summed E-state index contributed by atoms with van der Waals surface area (Å²) in [6.07, 6.45) is 4.80. The molecule has 0 aromatic heterocycles. The highest BCUT2D eigenvalue weighted by Crippen LogP contribution is 2.21. The van der Waals surface area contributed by atoms with Gasteiger partial charge in [0, 0.05) is 11.1 Å². The summed E-state index contributed by atoms with van der Waals surface area (Å²) >= 11 is 5.86. The molecule has 1 fully saturated rings. The lowest BCUT2D eigenvalue weighted by molar-refractivity contribution is -0.122. The number of para-hydroxylation sites is 1. The second-order valence-corrected chi connectivity index (χ2v) is 7.49. The molecule has 2 aromatic rings. The first kappa shape index (κ1) is 20.2. The number of halogens is 1. The molecule has 0 heterocycles. The molecule has 1 aliphatic carbocycles. The Morgan fingerprint density at radius 3 is 2.43 bits per heavy atom. The normalized spacial score (nSPS) is 15.5. The second kappa shape index (κ2) is 9.60. The van der Waals surface area contributed by atoms with Crippen molar-refractivity contribution in [3.8, 4) is 5.75 Å². The molecule has 0 bridgehead atoms. The molecule has 6 heteroatoms. The SMILES string of the molecule is CC(Oc1ccc(Cl)cc1)C(=O)Nc1ccccc1C(=O)NC1CCCCC1. The Hall–Kier alpha value is -2.53. The van der Waals surface area contributed by atoms with Crippen LogP contribution in [0.15, 0.2) is 48.5 Å². The highest BCUT2D eigenvalue weighted by atomic mass is 35.5. The number of carbonyl (C=O) groups is 2. The number of carbonyl (C=O) groups excluding carboxylic acids is 2. The van der Waals surface area contributed by atoms with Gasteiger partial charge in [-0.05, 0) is 56.2 Å². The number of hydrogen-bond donors (Lipinski definition) is 2. The van der Waals surface area contributed by atoms with Crippen LogP contribution in [0.2, 0.25) is 5.02 Å². The first-order valence-corrected chi connectivity index (χ1v) is 10.0. The van der Waals surface area contributed by atoms with Gasteiger partial charge in [0.2, 0.25) is 0 Å². The second-order valence-electron chi connectivity index (χ2n) is 7.06. The lowest BCUT2D eigenvalue weighted by Gasteiger charge is -2.23. The summed E-state index contributed by atoms with van der Waals surface area (Å²) in [6, 6.07) is 14.0. The number of amides is 2. The highest BCUT2D eigenvalue weighted by molar-refractivity contribution is 6.30. The summed E-state index contributed by atoms with van der Waals surface area (Å²) < 4.78 is 5.65. The number of hydrogen-bond acceptors (Lipinski definition) is 3. The van der Waals surface area contributed by atoms with Crippen molar-refractivity contribution < 1.29 is 14.3 Å². The number of rotatable bonds is 6. The van der Waals surface area contributed by atoms with Gasteiger partial charge in [0.1, 0.15) is 5.75 Å². The molecular formula is C22H25ClN2O3. The summed E-state index contributed by atoms with van der Waals surface area (Å²) in [5.41, 5.74) is 0.937. The van der Waals surface area contributed by atoms with Crippen molar-refractivity contribution in [3.63, 3.8) is 0 Å². The fourth-order valence-corrected chi connectivity index (χ4v) is 3.43. The fraction of sp³-hybridized carbons (Fsp3) is 0.364. The van der Waals surface area contributed by atoms with Crippen LogP contribution in [0.4, 0.5) is 5.69 Å². The zero-order valence-electron chi connectivity index (χ0n) is 15.9. The summed E-state index contributed by atoms with van der Waals surface area (Å²) in [7, 11) is 0. The third-order valence-corrected chi connectivity index (χ3v) is 5.12. The topological polar surface area (TPSA) is 67.4 Å². The van der Waals surface area contributed by atoms with Crippen LogP contribution >= 0.6 is 11.6 Å². The van der Waals surface area contributed by atoms with Gasteiger partial charge in [-0.15, -0.1) is 0 Å². The third-order valence-electron chi connectivity index (χ3n) is 4.87. The fourth-order valence-electron chi connectivity index (χ4n) is 3.31. The van der Waals surface area contributed by atoms with Gasteiger partial charge in [-0.25, -0.2) is 0 Å². The molecule has 5 nitrogen and oxygen atoms in total. The van der Waals surface area contributed by atoms with E-state index in [0.29, 0.717) is 22.0 Å². The standard InChI is InChI=1S/C22H25ClN2O3/c1-15(28-18-13-11-16(23)12-14-18)21(26)25-20-10-6-5-9-19(20)22(27)24-17-7-3-2-4-8-17/h5-6,9-15,17H,2-4,7-8H2,1H3,(H,24,27)(H,25,26). The van der Waals surface area contributed by atoms with Gasteiger partial charge in [-0.2, -0.15) is 0 Å². The summed E-state index contributed by atoms with van der Waals surface area (Å²) in [5, 5.41) is 6.50. The summed E-state index contributed by atoms with van der Waals surface area (Å²) in [6.45, 7) is 1.66. The zero-order chi connectivity index (χ0) is 19.9. The Morgan fingerprint density at radius 2 is 1.71 bits per heavy atom. The molecule has 2 amide bonds. The molecule has 1 saturated carbocycles. The molecule has 0 aliphatic heterocycles. The van der Waals surface area contributed by atoms with E-state index in [9.17, 15) is 9.59 Å². The maximum atomic E-state index is 12.7. The Bertz CT molecular complexity index is 817. The van der Waals surface area contributed by atoms with Crippen molar-refractivity contribution in [1.82, 2.24) is 5.32 Å². The first-order chi connectivity index (χ1) is 13.5. The smallest absolute Gasteiger partial charge is 0.265 e. The Kier molecular flexibility index (Phi) is 6.93. The maximum Gasteiger partial charge on any atom is 0.265 e. The lowest BCUT2D eigenvalue weighted by Crippen LogP contribution is -2.37. The Balaban J connectivity index is 1.63. The van der Waals surface area contributed by atoms with E-state index in [2.05, 4.69) is 10.6 Å². The van der Waals surface area contributed by atoms with Crippen LogP contribution in [0.3, 0.4) is 0 Å². The van der Waals surface area contributed by atoms with Crippen molar-refractivity contribution in [1.29, 1.82) is 0 Å². The van der Waals surface area contributed by atoms with Crippen molar-refractivity contribution in [2.75, 3.05) is 5.32 Å². The summed E-state index contributed by atoms with van der Waals surface area (Å²) in [4.78, 5) is 25.3. The van der Waals surface area contributed by atoms with E-state index in [4.69, 9.17) is 16.3 Å². The maximum absolute atomic E-state index is 12.7. The van der Waals surface area contributed by atoms with E-state index in [0.717, 1.165) is 25.7 Å². The minimum absolute atomic E-state index is 0.158. The van der Waals surface area contributed by atoms with Crippen molar-refractivity contribution in [2.45, 2.75) is 51.2 Å². The highest BCUT2D eigenvalue weighted by Gasteiger charge is 2.21. The monoisotopic (exact) mass is 400 g/mol. The van der Waals surface area contributed by atoms with Crippen LogP contribution in [0, 0.1) is 0 Å². The van der Waals surface area contributed by atoms with E-state index in [1.54, 1.807) is 55.5 Å². The molecule has 1 unspecified atom stereocenters. The minimum Gasteiger partial charge on any atom is -0.481 e. The minimum atomic E-state index is -0.726. The van der Waals surface area contributed by atoms with Crippen molar-refractivity contribution >= 4 is 29.1 Å². The first-order valence-electron chi connectivity index (χ1n) is 9.66. The molecule has 3 rings (SSSR count). The van der Waals surface area contributed by atoms with E-state index < -0.39 is 6.10 Å². The van der Waals surface area contributed by atoms with E-state index in [1.165, 1.54) is 6.42 Å². The molecule has 28 heavy (non-hydrogen) atoms. The number of benzene rings is 2. The zero-order valence-corrected chi connectivity index (χ0v) is 16.7. The molecule has 2 N–H and O–H groups in total. The average molecular weight is 401 g/mol. The Labute approximate surface area is 170 Å². The number of ether oxygens (including phenoxy) is 1. The molecule has 0 spiro atoms. The molecule has 0 radical (unpaired) electrons. The molecule has 1 atom stereocenters. The summed E-state index contributed by atoms with van der Waals surface area (Å²) in [5.74, 6) is 0.0670. The molecule has 0 saturated heterocycles. The van der Waals surface area contributed by atoms with Gasteiger partial charge in [0.05, 0.1) is 11.3 Å². The predicted molar refractivity (Wildman–Crippen MR) is 111 cm³/mol. The van der Waals surface area contributed by atoms with Crippen LogP contribution in [-0.2, 0) is 4.79 Å². The van der Waals surface area contributed by atoms with Gasteiger partial charge in [-0.1, -0.05) is 43.0 Å². The number of anilines is 1. The van der Waals surface area contributed by atoms with Gasteiger partial charge in [-0.3, -0.25) is 9.59 Å².